The van der Waals surface area contributed by atoms with E-state index in [1.54, 1.807) is 18.5 Å². The number of aryl methyl sites for hydroxylation is 1. The predicted molar refractivity (Wildman–Crippen MR) is 77.7 cm³/mol. The fourth-order valence-electron chi connectivity index (χ4n) is 2.05. The minimum absolute atomic E-state index is 0.138. The summed E-state index contributed by atoms with van der Waals surface area (Å²) in [5.74, 6) is -0.138. The molecule has 2 aromatic heterocycles. The van der Waals surface area contributed by atoms with E-state index in [1.165, 1.54) is 5.56 Å². The number of hydrogen-bond acceptors (Lipinski definition) is 3. The molecule has 0 radical (unpaired) electrons. The molecule has 2 N–H and O–H groups in total. The van der Waals surface area contributed by atoms with Crippen LogP contribution in [0.4, 0.5) is 5.69 Å². The van der Waals surface area contributed by atoms with Gasteiger partial charge in [-0.1, -0.05) is 19.1 Å². The van der Waals surface area contributed by atoms with Crippen molar-refractivity contribution >= 4 is 22.6 Å². The van der Waals surface area contributed by atoms with Gasteiger partial charge in [-0.15, -0.1) is 0 Å². The lowest BCUT2D eigenvalue weighted by Crippen LogP contribution is -2.12. The molecule has 0 saturated heterocycles. The van der Waals surface area contributed by atoms with Gasteiger partial charge >= 0.3 is 0 Å². The number of hydrogen-bond donors (Lipinski definition) is 2. The molecule has 0 unspecified atom stereocenters. The molecular formula is C15H14N4O. The zero-order valence-corrected chi connectivity index (χ0v) is 11.1. The molecule has 0 aliphatic heterocycles. The van der Waals surface area contributed by atoms with Crippen LogP contribution in [0.25, 0.3) is 11.0 Å². The highest BCUT2D eigenvalue weighted by Gasteiger charge is 2.09. The molecule has 0 bridgehead atoms. The molecule has 1 aromatic carbocycles. The predicted octanol–water partition coefficient (Wildman–Crippen LogP) is 2.77. The quantitative estimate of drug-likeness (QED) is 0.765. The maximum absolute atomic E-state index is 12.2. The van der Waals surface area contributed by atoms with E-state index in [-0.39, 0.29) is 5.91 Å². The molecular weight excluding hydrogens is 252 g/mol. The first-order valence-electron chi connectivity index (χ1n) is 6.46. The van der Waals surface area contributed by atoms with Gasteiger partial charge in [-0.2, -0.15) is 5.10 Å². The molecule has 0 saturated carbocycles. The summed E-state index contributed by atoms with van der Waals surface area (Å²) in [6.45, 7) is 2.09. The number of amides is 1. The van der Waals surface area contributed by atoms with Gasteiger partial charge < -0.3 is 5.32 Å². The number of carbonyl (C=O) groups excluding carboxylic acids is 1. The second-order valence-corrected chi connectivity index (χ2v) is 4.50. The van der Waals surface area contributed by atoms with Crippen LogP contribution in [0.3, 0.4) is 0 Å². The summed E-state index contributed by atoms with van der Waals surface area (Å²) < 4.78 is 0. The number of carbonyl (C=O) groups is 1. The van der Waals surface area contributed by atoms with Gasteiger partial charge in [0.15, 0.2) is 5.65 Å². The highest BCUT2D eigenvalue weighted by atomic mass is 16.1. The number of rotatable bonds is 3. The molecule has 0 fully saturated rings. The van der Waals surface area contributed by atoms with Crippen LogP contribution in [0, 0.1) is 0 Å². The first kappa shape index (κ1) is 12.3. The number of fused-ring (bicyclic) bond motifs is 1. The molecule has 100 valence electrons. The van der Waals surface area contributed by atoms with Crippen LogP contribution in [0.15, 0.2) is 42.7 Å². The topological polar surface area (TPSA) is 70.7 Å². The van der Waals surface area contributed by atoms with Gasteiger partial charge in [0.05, 0.1) is 17.3 Å². The number of nitrogens with zero attached hydrogens (tertiary/aromatic N) is 2. The second kappa shape index (κ2) is 5.13. The summed E-state index contributed by atoms with van der Waals surface area (Å²) in [5.41, 5.74) is 3.20. The van der Waals surface area contributed by atoms with Gasteiger partial charge in [0.1, 0.15) is 0 Å². The van der Waals surface area contributed by atoms with Crippen LogP contribution in [0.1, 0.15) is 22.8 Å². The minimum Gasteiger partial charge on any atom is -0.321 e. The van der Waals surface area contributed by atoms with Crippen LogP contribution in [-0.4, -0.2) is 21.1 Å². The Balaban J connectivity index is 1.86. The van der Waals surface area contributed by atoms with Gasteiger partial charge in [0.2, 0.25) is 0 Å². The van der Waals surface area contributed by atoms with Gasteiger partial charge in [-0.3, -0.25) is 9.89 Å². The summed E-state index contributed by atoms with van der Waals surface area (Å²) in [6.07, 6.45) is 4.25. The molecule has 0 aliphatic carbocycles. The Morgan fingerprint density at radius 1 is 1.25 bits per heavy atom. The number of aromatic nitrogens is 3. The van der Waals surface area contributed by atoms with E-state index in [9.17, 15) is 4.79 Å². The molecule has 20 heavy (non-hydrogen) atoms. The number of nitrogens with one attached hydrogen (secondary N) is 2. The minimum atomic E-state index is -0.138. The van der Waals surface area contributed by atoms with Crippen molar-refractivity contribution in [2.75, 3.05) is 5.32 Å². The van der Waals surface area contributed by atoms with Crippen molar-refractivity contribution in [3.8, 4) is 0 Å². The smallest absolute Gasteiger partial charge is 0.255 e. The molecule has 5 heteroatoms. The zero-order chi connectivity index (χ0) is 13.9. The first-order valence-corrected chi connectivity index (χ1v) is 6.46. The van der Waals surface area contributed by atoms with E-state index < -0.39 is 0 Å². The summed E-state index contributed by atoms with van der Waals surface area (Å²) in [4.78, 5) is 16.4. The monoisotopic (exact) mass is 266 g/mol. The summed E-state index contributed by atoms with van der Waals surface area (Å²) >= 11 is 0. The maximum atomic E-state index is 12.2. The molecule has 0 aliphatic rings. The van der Waals surface area contributed by atoms with Crippen LogP contribution in [0.5, 0.6) is 0 Å². The molecule has 3 aromatic rings. The van der Waals surface area contributed by atoms with E-state index >= 15 is 0 Å². The van der Waals surface area contributed by atoms with Crippen LogP contribution < -0.4 is 5.32 Å². The van der Waals surface area contributed by atoms with Crippen molar-refractivity contribution in [2.24, 2.45) is 0 Å². The van der Waals surface area contributed by atoms with Gasteiger partial charge in [0, 0.05) is 11.8 Å². The lowest BCUT2D eigenvalue weighted by atomic mass is 10.1. The molecule has 5 nitrogen and oxygen atoms in total. The SMILES string of the molecule is CCc1ccc(C(=O)Nc2ccnc3[nH]ncc23)cc1. The Hall–Kier alpha value is -2.69. The average molecular weight is 266 g/mol. The standard InChI is InChI=1S/C15H14N4O/c1-2-10-3-5-11(6-4-10)15(20)18-13-7-8-16-14-12(13)9-17-19-14/h3-9H,2H2,1H3,(H2,16,17,18,19,20). The third kappa shape index (κ3) is 2.25. The van der Waals surface area contributed by atoms with Crippen LogP contribution >= 0.6 is 0 Å². The van der Waals surface area contributed by atoms with Gasteiger partial charge in [-0.25, -0.2) is 4.98 Å². The third-order valence-electron chi connectivity index (χ3n) is 3.23. The third-order valence-corrected chi connectivity index (χ3v) is 3.23. The molecule has 2 heterocycles. The summed E-state index contributed by atoms with van der Waals surface area (Å²) in [5, 5.41) is 10.4. The molecule has 1 amide bonds. The Morgan fingerprint density at radius 3 is 2.80 bits per heavy atom. The average Bonchev–Trinajstić information content (AvgIpc) is 2.97. The van der Waals surface area contributed by atoms with E-state index in [0.717, 1.165) is 11.8 Å². The number of benzene rings is 1. The van der Waals surface area contributed by atoms with Crippen molar-refractivity contribution in [1.82, 2.24) is 15.2 Å². The highest BCUT2D eigenvalue weighted by Crippen LogP contribution is 2.19. The van der Waals surface area contributed by atoms with Crippen molar-refractivity contribution in [3.05, 3.63) is 53.9 Å². The Morgan fingerprint density at radius 2 is 2.05 bits per heavy atom. The molecule has 3 rings (SSSR count). The largest absolute Gasteiger partial charge is 0.321 e. The van der Waals surface area contributed by atoms with Crippen molar-refractivity contribution in [3.63, 3.8) is 0 Å². The summed E-state index contributed by atoms with van der Waals surface area (Å²) in [6, 6.07) is 9.36. The van der Waals surface area contributed by atoms with Crippen molar-refractivity contribution in [2.45, 2.75) is 13.3 Å². The zero-order valence-electron chi connectivity index (χ0n) is 11.1. The molecule has 0 atom stereocenters. The van der Waals surface area contributed by atoms with Gasteiger partial charge in [0.25, 0.3) is 5.91 Å². The van der Waals surface area contributed by atoms with Gasteiger partial charge in [-0.05, 0) is 30.2 Å². The van der Waals surface area contributed by atoms with E-state index in [4.69, 9.17) is 0 Å². The normalized spacial score (nSPS) is 10.7. The number of aromatic amines is 1. The van der Waals surface area contributed by atoms with Crippen molar-refractivity contribution < 1.29 is 4.79 Å². The Labute approximate surface area is 116 Å². The van der Waals surface area contributed by atoms with E-state index in [1.807, 2.05) is 24.3 Å². The van der Waals surface area contributed by atoms with Crippen LogP contribution in [0.2, 0.25) is 0 Å². The maximum Gasteiger partial charge on any atom is 0.255 e. The van der Waals surface area contributed by atoms with E-state index in [2.05, 4.69) is 27.4 Å². The number of H-pyrrole nitrogens is 1. The first-order chi connectivity index (χ1) is 9.78. The lowest BCUT2D eigenvalue weighted by Gasteiger charge is -2.06. The Bertz CT molecular complexity index is 746. The Kier molecular flexibility index (Phi) is 3.16. The lowest BCUT2D eigenvalue weighted by molar-refractivity contribution is 0.102. The highest BCUT2D eigenvalue weighted by molar-refractivity contribution is 6.08. The fraction of sp³-hybridized carbons (Fsp3) is 0.133. The number of anilines is 1. The fourth-order valence-corrected chi connectivity index (χ4v) is 2.05. The summed E-state index contributed by atoms with van der Waals surface area (Å²) in [7, 11) is 0. The second-order valence-electron chi connectivity index (χ2n) is 4.50. The van der Waals surface area contributed by atoms with Crippen LogP contribution in [-0.2, 0) is 6.42 Å². The van der Waals surface area contributed by atoms with Crippen molar-refractivity contribution in [1.29, 1.82) is 0 Å². The van der Waals surface area contributed by atoms with E-state index in [0.29, 0.717) is 16.9 Å². The number of pyridine rings is 1. The molecule has 0 spiro atoms.